The molecule has 1 aliphatic rings. The van der Waals surface area contributed by atoms with Crippen molar-refractivity contribution < 1.29 is 0 Å². The summed E-state index contributed by atoms with van der Waals surface area (Å²) in [4.78, 5) is 14.8. The molecule has 3 heterocycles. The SMILES string of the molecule is Clc1cc(N2CCCC[C@@H]2Cc2ccncc2)ncn1. The summed E-state index contributed by atoms with van der Waals surface area (Å²) in [6.07, 6.45) is 9.91. The molecule has 1 aliphatic heterocycles. The fourth-order valence-corrected chi connectivity index (χ4v) is 2.93. The lowest BCUT2D eigenvalue weighted by atomic mass is 9.96. The van der Waals surface area contributed by atoms with E-state index in [1.807, 2.05) is 18.5 Å². The minimum Gasteiger partial charge on any atom is -0.353 e. The highest BCUT2D eigenvalue weighted by Crippen LogP contribution is 2.26. The summed E-state index contributed by atoms with van der Waals surface area (Å²) in [6, 6.07) is 6.49. The van der Waals surface area contributed by atoms with Crippen molar-refractivity contribution in [2.75, 3.05) is 11.4 Å². The molecule has 0 N–H and O–H groups in total. The van der Waals surface area contributed by atoms with Crippen LogP contribution in [0.2, 0.25) is 5.15 Å². The van der Waals surface area contributed by atoms with Gasteiger partial charge in [0.05, 0.1) is 0 Å². The van der Waals surface area contributed by atoms with E-state index in [9.17, 15) is 0 Å². The molecule has 0 amide bonds. The molecular weight excluding hydrogens is 272 g/mol. The van der Waals surface area contributed by atoms with Crippen molar-refractivity contribution in [3.63, 3.8) is 0 Å². The monoisotopic (exact) mass is 288 g/mol. The van der Waals surface area contributed by atoms with Crippen LogP contribution >= 0.6 is 11.6 Å². The molecule has 0 spiro atoms. The second-order valence-electron chi connectivity index (χ2n) is 5.10. The average molecular weight is 289 g/mol. The number of hydrogen-bond donors (Lipinski definition) is 0. The van der Waals surface area contributed by atoms with E-state index in [1.165, 1.54) is 31.2 Å². The number of pyridine rings is 1. The largest absolute Gasteiger partial charge is 0.353 e. The van der Waals surface area contributed by atoms with Crippen molar-refractivity contribution in [2.45, 2.75) is 31.7 Å². The first-order chi connectivity index (χ1) is 9.83. The van der Waals surface area contributed by atoms with Gasteiger partial charge in [0.2, 0.25) is 0 Å². The molecule has 0 saturated carbocycles. The maximum absolute atomic E-state index is 5.99. The molecule has 20 heavy (non-hydrogen) atoms. The number of anilines is 1. The molecule has 1 saturated heterocycles. The van der Waals surface area contributed by atoms with Crippen LogP contribution in [-0.2, 0) is 6.42 Å². The van der Waals surface area contributed by atoms with Crippen LogP contribution < -0.4 is 4.90 Å². The zero-order valence-electron chi connectivity index (χ0n) is 11.2. The van der Waals surface area contributed by atoms with E-state index in [0.29, 0.717) is 11.2 Å². The van der Waals surface area contributed by atoms with Gasteiger partial charge in [0.15, 0.2) is 0 Å². The molecule has 2 aromatic heterocycles. The van der Waals surface area contributed by atoms with Gasteiger partial charge in [-0.25, -0.2) is 9.97 Å². The molecule has 0 aliphatic carbocycles. The highest BCUT2D eigenvalue weighted by molar-refractivity contribution is 6.29. The van der Waals surface area contributed by atoms with Crippen molar-refractivity contribution >= 4 is 17.4 Å². The van der Waals surface area contributed by atoms with Crippen molar-refractivity contribution in [2.24, 2.45) is 0 Å². The summed E-state index contributed by atoms with van der Waals surface area (Å²) in [6.45, 7) is 1.03. The van der Waals surface area contributed by atoms with Crippen LogP contribution in [0.1, 0.15) is 24.8 Å². The third-order valence-corrected chi connectivity index (χ3v) is 3.97. The second kappa shape index (κ2) is 6.18. The van der Waals surface area contributed by atoms with Gasteiger partial charge in [0.25, 0.3) is 0 Å². The lowest BCUT2D eigenvalue weighted by molar-refractivity contribution is 0.453. The molecule has 0 radical (unpaired) electrons. The minimum atomic E-state index is 0.470. The number of rotatable bonds is 3. The maximum atomic E-state index is 5.99. The summed E-state index contributed by atoms with van der Waals surface area (Å²) in [7, 11) is 0. The van der Waals surface area contributed by atoms with Gasteiger partial charge < -0.3 is 4.90 Å². The van der Waals surface area contributed by atoms with E-state index in [0.717, 1.165) is 18.8 Å². The smallest absolute Gasteiger partial charge is 0.134 e. The quantitative estimate of drug-likeness (QED) is 0.814. The van der Waals surface area contributed by atoms with Gasteiger partial charge in [-0.05, 0) is 43.4 Å². The molecule has 1 atom stereocenters. The first kappa shape index (κ1) is 13.3. The first-order valence-electron chi connectivity index (χ1n) is 6.96. The fourth-order valence-electron chi connectivity index (χ4n) is 2.79. The minimum absolute atomic E-state index is 0.470. The number of halogens is 1. The van der Waals surface area contributed by atoms with Gasteiger partial charge in [0, 0.05) is 31.0 Å². The van der Waals surface area contributed by atoms with Crippen LogP contribution in [0.5, 0.6) is 0 Å². The van der Waals surface area contributed by atoms with Crippen LogP contribution in [0, 0.1) is 0 Å². The molecule has 0 unspecified atom stereocenters. The summed E-state index contributed by atoms with van der Waals surface area (Å²) >= 11 is 5.99. The Morgan fingerprint density at radius 2 is 2.05 bits per heavy atom. The van der Waals surface area contributed by atoms with Crippen LogP contribution in [0.4, 0.5) is 5.82 Å². The Bertz CT molecular complexity index is 561. The topological polar surface area (TPSA) is 41.9 Å². The predicted octanol–water partition coefficient (Wildman–Crippen LogP) is 3.13. The zero-order valence-corrected chi connectivity index (χ0v) is 12.0. The highest BCUT2D eigenvalue weighted by Gasteiger charge is 2.24. The van der Waals surface area contributed by atoms with Crippen LogP contribution in [0.25, 0.3) is 0 Å². The van der Waals surface area contributed by atoms with Gasteiger partial charge in [-0.15, -0.1) is 0 Å². The Hall–Kier alpha value is -1.68. The Morgan fingerprint density at radius 3 is 2.85 bits per heavy atom. The van der Waals surface area contributed by atoms with E-state index in [-0.39, 0.29) is 0 Å². The Balaban J connectivity index is 1.80. The molecule has 2 aromatic rings. The van der Waals surface area contributed by atoms with E-state index in [1.54, 1.807) is 0 Å². The molecule has 1 fully saturated rings. The second-order valence-corrected chi connectivity index (χ2v) is 5.49. The summed E-state index contributed by atoms with van der Waals surface area (Å²) in [5, 5.41) is 0.503. The Morgan fingerprint density at radius 1 is 1.20 bits per heavy atom. The highest BCUT2D eigenvalue weighted by atomic mass is 35.5. The number of nitrogens with zero attached hydrogens (tertiary/aromatic N) is 4. The van der Waals surface area contributed by atoms with E-state index in [4.69, 9.17) is 11.6 Å². The third kappa shape index (κ3) is 3.07. The lowest BCUT2D eigenvalue weighted by Crippen LogP contribution is -2.41. The van der Waals surface area contributed by atoms with E-state index < -0.39 is 0 Å². The summed E-state index contributed by atoms with van der Waals surface area (Å²) < 4.78 is 0. The molecule has 4 nitrogen and oxygen atoms in total. The Labute approximate surface area is 123 Å². The summed E-state index contributed by atoms with van der Waals surface area (Å²) in [5.41, 5.74) is 1.32. The van der Waals surface area contributed by atoms with Crippen molar-refractivity contribution in [3.05, 3.63) is 47.6 Å². The van der Waals surface area contributed by atoms with Crippen LogP contribution in [0.3, 0.4) is 0 Å². The number of aromatic nitrogens is 3. The van der Waals surface area contributed by atoms with Crippen molar-refractivity contribution in [1.29, 1.82) is 0 Å². The van der Waals surface area contributed by atoms with Gasteiger partial charge in [0.1, 0.15) is 17.3 Å². The van der Waals surface area contributed by atoms with Gasteiger partial charge in [-0.2, -0.15) is 0 Å². The van der Waals surface area contributed by atoms with Gasteiger partial charge in [-0.1, -0.05) is 11.6 Å². The normalized spacial score (nSPS) is 19.1. The van der Waals surface area contributed by atoms with E-state index >= 15 is 0 Å². The summed E-state index contributed by atoms with van der Waals surface area (Å²) in [5.74, 6) is 0.934. The van der Waals surface area contributed by atoms with Crippen molar-refractivity contribution in [1.82, 2.24) is 15.0 Å². The molecule has 104 valence electrons. The molecular formula is C15H17ClN4. The average Bonchev–Trinajstić information content (AvgIpc) is 2.49. The van der Waals surface area contributed by atoms with Gasteiger partial charge in [-0.3, -0.25) is 4.98 Å². The molecule has 3 rings (SSSR count). The number of piperidine rings is 1. The first-order valence-corrected chi connectivity index (χ1v) is 7.34. The lowest BCUT2D eigenvalue weighted by Gasteiger charge is -2.36. The van der Waals surface area contributed by atoms with Crippen LogP contribution in [-0.4, -0.2) is 27.5 Å². The molecule has 5 heteroatoms. The third-order valence-electron chi connectivity index (χ3n) is 3.76. The van der Waals surface area contributed by atoms with Crippen LogP contribution in [0.15, 0.2) is 36.9 Å². The fraction of sp³-hybridized carbons (Fsp3) is 0.400. The molecule has 0 bridgehead atoms. The Kier molecular flexibility index (Phi) is 4.11. The zero-order chi connectivity index (χ0) is 13.8. The van der Waals surface area contributed by atoms with E-state index in [2.05, 4.69) is 32.0 Å². The van der Waals surface area contributed by atoms with Crippen molar-refractivity contribution in [3.8, 4) is 0 Å². The standard InChI is InChI=1S/C15H17ClN4/c16-14-10-15(19-11-18-14)20-8-2-1-3-13(20)9-12-4-6-17-7-5-12/h4-7,10-11,13H,1-3,8-9H2/t13-/m1/s1. The molecule has 0 aromatic carbocycles. The predicted molar refractivity (Wildman–Crippen MR) is 80.0 cm³/mol. The van der Waals surface area contributed by atoms with Gasteiger partial charge >= 0.3 is 0 Å². The maximum Gasteiger partial charge on any atom is 0.134 e. The number of hydrogen-bond acceptors (Lipinski definition) is 4.